The molecular weight excluding hydrogens is 502 g/mol. The Morgan fingerprint density at radius 3 is 0.762 bits per heavy atom. The van der Waals surface area contributed by atoms with Gasteiger partial charge < -0.3 is 26.2 Å². The molecule has 0 bridgehead atoms. The Hall–Kier alpha value is 1.47. The maximum absolute atomic E-state index is 9.28. The summed E-state index contributed by atoms with van der Waals surface area (Å²) in [6.45, 7) is 14.6. The summed E-state index contributed by atoms with van der Waals surface area (Å²) in [6, 6.07) is 0. The van der Waals surface area contributed by atoms with Gasteiger partial charge in [0, 0.05) is 98.1 Å². The van der Waals surface area contributed by atoms with Gasteiger partial charge in [-0.15, -0.1) is 0 Å². The zero-order valence-corrected chi connectivity index (χ0v) is 21.7. The summed E-state index contributed by atoms with van der Waals surface area (Å²) in [5.41, 5.74) is 1.35. The molecule has 115 valence electrons. The van der Waals surface area contributed by atoms with Crippen LogP contribution in [0.1, 0.15) is 20.8 Å². The summed E-state index contributed by atoms with van der Waals surface area (Å²) in [4.78, 5) is 27.8. The maximum Gasteiger partial charge on any atom is 0 e. The van der Waals surface area contributed by atoms with Crippen LogP contribution in [0, 0.1) is 14.6 Å². The van der Waals surface area contributed by atoms with E-state index in [0.29, 0.717) is 16.7 Å². The van der Waals surface area contributed by atoms with Gasteiger partial charge >= 0.3 is 0 Å². The Labute approximate surface area is 204 Å². The third-order valence-corrected chi connectivity index (χ3v) is 0.523. The second kappa shape index (κ2) is 49.6. The van der Waals surface area contributed by atoms with E-state index in [4.69, 9.17) is 0 Å². The molecule has 0 saturated carbocycles. The van der Waals surface area contributed by atoms with Crippen molar-refractivity contribution in [3.05, 3.63) is 51.1 Å². The summed E-state index contributed by atoms with van der Waals surface area (Å²) in [5, 5.41) is 0. The zero-order valence-electron chi connectivity index (χ0n) is 13.2. The van der Waals surface area contributed by atoms with Crippen LogP contribution in [0.2, 0.25) is 0 Å². The van der Waals surface area contributed by atoms with Gasteiger partial charge in [0.2, 0.25) is 0 Å². The summed E-state index contributed by atoms with van der Waals surface area (Å²) >= 11 is 0. The van der Waals surface area contributed by atoms with Crippen LogP contribution in [0.5, 0.6) is 0 Å². The molecule has 21 heavy (non-hydrogen) atoms. The Balaban J connectivity index is -0.0000000174. The fourth-order valence-corrected chi connectivity index (χ4v) is 0. The molecule has 0 unspecified atom stereocenters. The molecule has 0 aromatic heterocycles. The summed E-state index contributed by atoms with van der Waals surface area (Å²) in [7, 11) is 1.75. The molecular formula is C14H20FO3Y3-5. The van der Waals surface area contributed by atoms with Crippen molar-refractivity contribution in [2.24, 2.45) is 0 Å². The van der Waals surface area contributed by atoms with Gasteiger partial charge in [-0.2, -0.15) is 23.9 Å². The first-order valence-corrected chi connectivity index (χ1v) is 4.19. The molecule has 0 aliphatic heterocycles. The molecule has 0 aliphatic rings. The average Bonchev–Trinajstić information content (AvgIpc) is 2.32. The molecule has 0 aliphatic carbocycles. The van der Waals surface area contributed by atoms with Gasteiger partial charge in [-0.05, 0) is 18.9 Å². The number of hydrogen-bond donors (Lipinski definition) is 0. The van der Waals surface area contributed by atoms with Crippen molar-refractivity contribution in [3.63, 3.8) is 0 Å². The van der Waals surface area contributed by atoms with E-state index in [1.165, 1.54) is 0 Å². The average molecular weight is 522 g/mol. The molecule has 0 fully saturated rings. The van der Waals surface area contributed by atoms with E-state index in [2.05, 4.69) is 19.7 Å². The molecule has 3 radical (unpaired) electrons. The molecule has 0 rings (SSSR count). The molecule has 3 nitrogen and oxygen atoms in total. The van der Waals surface area contributed by atoms with E-state index in [-0.39, 0.29) is 106 Å². The van der Waals surface area contributed by atoms with Crippen molar-refractivity contribution in [1.82, 2.24) is 0 Å². The Bertz CT molecular complexity index is 225. The zero-order chi connectivity index (χ0) is 14.9. The van der Waals surface area contributed by atoms with Gasteiger partial charge in [0.25, 0.3) is 0 Å². The molecule has 0 amide bonds. The first-order chi connectivity index (χ1) is 7.81. The minimum absolute atomic E-state index is 0. The quantitative estimate of drug-likeness (QED) is 0.423. The minimum Gasteiger partial charge on any atom is -0.463 e. The Morgan fingerprint density at radius 1 is 0.714 bits per heavy atom. The number of hydrogen-bond acceptors (Lipinski definition) is 3. The smallest absolute Gasteiger partial charge is 0 e. The maximum atomic E-state index is 9.28. The van der Waals surface area contributed by atoms with Crippen LogP contribution >= 0.6 is 0 Å². The van der Waals surface area contributed by atoms with E-state index in [1.54, 1.807) is 46.8 Å². The standard InChI is InChI=1S/3C4H5O.CH2F.CH3.3Y/c3*1-4(2)3-5;1-2;;;;/h3*1H2,2H3;1H2;1H3;;;/q5*-1;;;. The predicted molar refractivity (Wildman–Crippen MR) is 74.4 cm³/mol. The normalized spacial score (nSPS) is 5.00. The van der Waals surface area contributed by atoms with Gasteiger partial charge in [-0.3, -0.25) is 0 Å². The number of rotatable bonds is 3. The van der Waals surface area contributed by atoms with Gasteiger partial charge in [0.1, 0.15) is 0 Å². The van der Waals surface area contributed by atoms with Crippen LogP contribution in [0.3, 0.4) is 0 Å². The van der Waals surface area contributed by atoms with Gasteiger partial charge in [-0.1, -0.05) is 20.8 Å². The first-order valence-electron chi connectivity index (χ1n) is 4.19. The molecule has 0 atom stereocenters. The largest absolute Gasteiger partial charge is 0.463 e. The van der Waals surface area contributed by atoms with Crippen LogP contribution < -0.4 is 0 Å². The summed E-state index contributed by atoms with van der Waals surface area (Å²) in [5.74, 6) is 0. The second-order valence-electron chi connectivity index (χ2n) is 2.65. The van der Waals surface area contributed by atoms with Crippen LogP contribution in [0.15, 0.2) is 36.5 Å². The SMILES string of the molecule is C=C(C)[C-]=O.C=C(C)[C-]=O.C=C(C)[C-]=O.[CH2-]F.[CH3-].[Y].[Y].[Y]. The van der Waals surface area contributed by atoms with Crippen molar-refractivity contribution < 1.29 is 117 Å². The van der Waals surface area contributed by atoms with E-state index in [1.807, 2.05) is 0 Å². The summed E-state index contributed by atoms with van der Waals surface area (Å²) < 4.78 is 9.25. The third kappa shape index (κ3) is 146. The van der Waals surface area contributed by atoms with Crippen molar-refractivity contribution >= 4 is 18.9 Å². The molecule has 0 heterocycles. The predicted octanol–water partition coefficient (Wildman–Crippen LogP) is 3.21. The van der Waals surface area contributed by atoms with Crippen LogP contribution in [-0.2, 0) is 113 Å². The van der Waals surface area contributed by atoms with Gasteiger partial charge in [0.05, 0.1) is 0 Å². The molecule has 0 N–H and O–H groups in total. The van der Waals surface area contributed by atoms with Crippen LogP contribution in [-0.4, -0.2) is 18.9 Å². The van der Waals surface area contributed by atoms with E-state index in [9.17, 15) is 18.8 Å². The third-order valence-electron chi connectivity index (χ3n) is 0.523. The fraction of sp³-hybridized carbons (Fsp3) is 0.214. The molecule has 0 aromatic carbocycles. The van der Waals surface area contributed by atoms with Crippen LogP contribution in [0.25, 0.3) is 0 Å². The van der Waals surface area contributed by atoms with E-state index >= 15 is 0 Å². The first kappa shape index (κ1) is 49.5. The van der Waals surface area contributed by atoms with E-state index < -0.39 is 0 Å². The molecule has 0 spiro atoms. The van der Waals surface area contributed by atoms with Crippen molar-refractivity contribution in [3.8, 4) is 0 Å². The van der Waals surface area contributed by atoms with Crippen molar-refractivity contribution in [2.45, 2.75) is 20.8 Å². The van der Waals surface area contributed by atoms with Crippen molar-refractivity contribution in [1.29, 1.82) is 0 Å². The van der Waals surface area contributed by atoms with Gasteiger partial charge in [0.15, 0.2) is 0 Å². The second-order valence-corrected chi connectivity index (χ2v) is 2.65. The monoisotopic (exact) mass is 522 g/mol. The Kier molecular flexibility index (Phi) is 117. The molecule has 0 saturated heterocycles. The topological polar surface area (TPSA) is 51.2 Å². The van der Waals surface area contributed by atoms with Crippen molar-refractivity contribution in [2.75, 3.05) is 0 Å². The Morgan fingerprint density at radius 2 is 0.762 bits per heavy atom. The molecule has 7 heteroatoms. The van der Waals surface area contributed by atoms with E-state index in [0.717, 1.165) is 0 Å². The number of allylic oxidation sites excluding steroid dienone is 3. The van der Waals surface area contributed by atoms with Crippen LogP contribution in [0.4, 0.5) is 4.39 Å². The van der Waals surface area contributed by atoms with Gasteiger partial charge in [-0.25, -0.2) is 19.7 Å². The minimum atomic E-state index is 0. The number of carbonyl (C=O) groups excluding carboxylic acids is 3. The molecule has 0 aromatic rings. The number of halogens is 1. The summed E-state index contributed by atoms with van der Waals surface area (Å²) in [6.07, 6.45) is 4.75. The fourth-order valence-electron chi connectivity index (χ4n) is 0.